The molecule has 1 aliphatic rings. The Bertz CT molecular complexity index is 3160. The van der Waals surface area contributed by atoms with Crippen LogP contribution >= 0.6 is 0 Å². The maximum Gasteiger partial charge on any atom is 0.0549 e. The molecule has 1 aliphatic carbocycles. The van der Waals surface area contributed by atoms with Gasteiger partial charge in [0, 0.05) is 32.8 Å². The lowest BCUT2D eigenvalue weighted by Gasteiger charge is -2.42. The van der Waals surface area contributed by atoms with E-state index < -0.39 is 0 Å². The van der Waals surface area contributed by atoms with Gasteiger partial charge in [0.25, 0.3) is 0 Å². The highest BCUT2D eigenvalue weighted by Crippen LogP contribution is 2.51. The first-order valence-electron chi connectivity index (χ1n) is 20.1. The molecule has 0 amide bonds. The molecule has 2 nitrogen and oxygen atoms in total. The molecule has 0 N–H and O–H groups in total. The van der Waals surface area contributed by atoms with Crippen molar-refractivity contribution >= 4 is 54.4 Å². The molecule has 2 aromatic heterocycles. The molecule has 0 spiro atoms. The Morgan fingerprint density at radius 1 is 0.393 bits per heavy atom. The van der Waals surface area contributed by atoms with Gasteiger partial charge in [-0.3, -0.25) is 0 Å². The number of benzene rings is 8. The van der Waals surface area contributed by atoms with Gasteiger partial charge in [0.15, 0.2) is 0 Å². The van der Waals surface area contributed by atoms with Crippen LogP contribution in [0.3, 0.4) is 0 Å². The quantitative estimate of drug-likeness (QED) is 0.171. The summed E-state index contributed by atoms with van der Waals surface area (Å²) in [6.45, 7) is 9.77. The zero-order chi connectivity index (χ0) is 37.8. The molecule has 0 unspecified atom stereocenters. The van der Waals surface area contributed by atoms with Crippen molar-refractivity contribution < 1.29 is 0 Å². The first-order chi connectivity index (χ1) is 27.3. The molecule has 0 fully saturated rings. The Morgan fingerprint density at radius 2 is 0.946 bits per heavy atom. The average Bonchev–Trinajstić information content (AvgIpc) is 3.75. The molecule has 0 saturated heterocycles. The van der Waals surface area contributed by atoms with Gasteiger partial charge in [-0.2, -0.15) is 0 Å². The zero-order valence-electron chi connectivity index (χ0n) is 32.5. The molecule has 0 saturated carbocycles. The van der Waals surface area contributed by atoms with Crippen LogP contribution in [-0.4, -0.2) is 9.13 Å². The highest BCUT2D eigenvalue weighted by Gasteiger charge is 2.38. The second kappa shape index (κ2) is 12.1. The summed E-state index contributed by atoms with van der Waals surface area (Å²) in [5.74, 6) is 0. The molecule has 2 heteroatoms. The summed E-state index contributed by atoms with van der Waals surface area (Å²) in [5, 5.41) is 7.81. The van der Waals surface area contributed by atoms with Crippen molar-refractivity contribution in [1.82, 2.24) is 9.13 Å². The van der Waals surface area contributed by atoms with Gasteiger partial charge in [0.05, 0.1) is 27.8 Å². The summed E-state index contributed by atoms with van der Waals surface area (Å²) in [4.78, 5) is 0. The second-order valence-electron chi connectivity index (χ2n) is 17.2. The molecular formula is C54H44N2. The van der Waals surface area contributed by atoms with Crippen LogP contribution in [0, 0.1) is 0 Å². The summed E-state index contributed by atoms with van der Waals surface area (Å²) >= 11 is 0. The average molecular weight is 721 g/mol. The van der Waals surface area contributed by atoms with E-state index in [0.29, 0.717) is 0 Å². The molecule has 10 aromatic rings. The smallest absolute Gasteiger partial charge is 0.0549 e. The van der Waals surface area contributed by atoms with Gasteiger partial charge in [0.1, 0.15) is 0 Å². The fourth-order valence-corrected chi connectivity index (χ4v) is 9.94. The van der Waals surface area contributed by atoms with Gasteiger partial charge >= 0.3 is 0 Å². The molecular weight excluding hydrogens is 677 g/mol. The van der Waals surface area contributed by atoms with Crippen molar-refractivity contribution in [2.24, 2.45) is 0 Å². The van der Waals surface area contributed by atoms with Crippen LogP contribution in [0.1, 0.15) is 51.7 Å². The first kappa shape index (κ1) is 33.0. The summed E-state index contributed by atoms with van der Waals surface area (Å²) in [5.41, 5.74) is 15.3. The van der Waals surface area contributed by atoms with Crippen molar-refractivity contribution in [3.8, 4) is 33.6 Å². The van der Waals surface area contributed by atoms with Crippen molar-refractivity contribution in [3.05, 3.63) is 181 Å². The SMILES string of the molecule is CC1(C)CCC(C)(C)c2cc3c(cc21)c1c2c4c5ccccc5ccc4n(-c4ccc(-c5ccccc5)cc4-c4ccccc4)c2ccc1n3-c1ccccc1. The summed E-state index contributed by atoms with van der Waals surface area (Å²) < 4.78 is 5.07. The maximum atomic E-state index is 2.59. The van der Waals surface area contributed by atoms with Gasteiger partial charge in [-0.15, -0.1) is 0 Å². The van der Waals surface area contributed by atoms with E-state index in [4.69, 9.17) is 0 Å². The standard InChI is InChI=1S/C54H44N2/c1-53(2)30-31-54(3,4)44-34-49-42(33-43(44)53)51-46(55(49)39-21-12-7-13-22-39)28-29-48-52(51)50-40-23-15-14-20-37(40)24-27-47(50)56(48)45-26-25-38(35-16-8-5-9-17-35)32-41(45)36-18-10-6-11-19-36/h5-29,32-34H,30-31H2,1-4H3. The van der Waals surface area contributed by atoms with Crippen LogP contribution in [0.4, 0.5) is 0 Å². The Hall–Kier alpha value is -6.38. The van der Waals surface area contributed by atoms with Crippen molar-refractivity contribution in [3.63, 3.8) is 0 Å². The van der Waals surface area contributed by atoms with Crippen LogP contribution in [0.25, 0.3) is 88.0 Å². The van der Waals surface area contributed by atoms with E-state index in [9.17, 15) is 0 Å². The van der Waals surface area contributed by atoms with Gasteiger partial charge in [-0.05, 0) is 117 Å². The molecule has 0 atom stereocenters. The summed E-state index contributed by atoms with van der Waals surface area (Å²) in [6, 6.07) is 63.2. The van der Waals surface area contributed by atoms with Gasteiger partial charge in [-0.25, -0.2) is 0 Å². The number of rotatable bonds is 4. The molecule has 56 heavy (non-hydrogen) atoms. The third kappa shape index (κ3) is 4.81. The second-order valence-corrected chi connectivity index (χ2v) is 17.2. The van der Waals surface area contributed by atoms with Gasteiger partial charge < -0.3 is 9.13 Å². The van der Waals surface area contributed by atoms with Crippen molar-refractivity contribution in [2.45, 2.75) is 51.4 Å². The number of para-hydroxylation sites is 1. The predicted octanol–water partition coefficient (Wildman–Crippen LogP) is 14.7. The van der Waals surface area contributed by atoms with E-state index >= 15 is 0 Å². The predicted molar refractivity (Wildman–Crippen MR) is 239 cm³/mol. The first-order valence-corrected chi connectivity index (χ1v) is 20.1. The van der Waals surface area contributed by atoms with Crippen LogP contribution in [0.5, 0.6) is 0 Å². The topological polar surface area (TPSA) is 9.86 Å². The number of aromatic nitrogens is 2. The molecule has 8 aromatic carbocycles. The minimum absolute atomic E-state index is 0.0832. The zero-order valence-corrected chi connectivity index (χ0v) is 32.5. The fraction of sp³-hybridized carbons (Fsp3) is 0.148. The molecule has 0 aliphatic heterocycles. The third-order valence-electron chi connectivity index (χ3n) is 13.0. The number of hydrogen-bond acceptors (Lipinski definition) is 0. The lowest BCUT2D eigenvalue weighted by Crippen LogP contribution is -2.33. The Labute approximate surface area is 328 Å². The Balaban J connectivity index is 1.34. The number of fused-ring (bicyclic) bond motifs is 10. The lowest BCUT2D eigenvalue weighted by atomic mass is 9.63. The molecule has 11 rings (SSSR count). The van der Waals surface area contributed by atoms with Crippen LogP contribution in [0.2, 0.25) is 0 Å². The summed E-state index contributed by atoms with van der Waals surface area (Å²) in [7, 11) is 0. The van der Waals surface area contributed by atoms with Gasteiger partial charge in [-0.1, -0.05) is 143 Å². The minimum atomic E-state index is 0.0832. The highest BCUT2D eigenvalue weighted by molar-refractivity contribution is 6.33. The van der Waals surface area contributed by atoms with Gasteiger partial charge in [0.2, 0.25) is 0 Å². The molecule has 0 radical (unpaired) electrons. The Kier molecular flexibility index (Phi) is 7.11. The van der Waals surface area contributed by atoms with E-state index in [1.165, 1.54) is 112 Å². The molecule has 2 heterocycles. The summed E-state index contributed by atoms with van der Waals surface area (Å²) in [6.07, 6.45) is 2.36. The van der Waals surface area contributed by atoms with E-state index in [1.54, 1.807) is 0 Å². The maximum absolute atomic E-state index is 2.59. The van der Waals surface area contributed by atoms with E-state index in [-0.39, 0.29) is 10.8 Å². The van der Waals surface area contributed by atoms with Crippen LogP contribution < -0.4 is 0 Å². The highest BCUT2D eigenvalue weighted by atomic mass is 15.0. The molecule has 270 valence electrons. The van der Waals surface area contributed by atoms with Crippen molar-refractivity contribution in [2.75, 3.05) is 0 Å². The van der Waals surface area contributed by atoms with E-state index in [1.807, 2.05) is 0 Å². The lowest BCUT2D eigenvalue weighted by molar-refractivity contribution is 0.332. The minimum Gasteiger partial charge on any atom is -0.309 e. The van der Waals surface area contributed by atoms with E-state index in [2.05, 4.69) is 207 Å². The number of hydrogen-bond donors (Lipinski definition) is 0. The largest absolute Gasteiger partial charge is 0.309 e. The molecule has 0 bridgehead atoms. The van der Waals surface area contributed by atoms with Crippen LogP contribution in [-0.2, 0) is 10.8 Å². The fourth-order valence-electron chi connectivity index (χ4n) is 9.94. The van der Waals surface area contributed by atoms with E-state index in [0.717, 1.165) is 0 Å². The Morgan fingerprint density at radius 3 is 1.66 bits per heavy atom. The number of nitrogens with zero attached hydrogens (tertiary/aromatic N) is 2. The normalized spacial score (nSPS) is 14.9. The third-order valence-corrected chi connectivity index (χ3v) is 13.0. The van der Waals surface area contributed by atoms with Crippen molar-refractivity contribution in [1.29, 1.82) is 0 Å². The monoisotopic (exact) mass is 720 g/mol. The van der Waals surface area contributed by atoms with Crippen LogP contribution in [0.15, 0.2) is 170 Å².